The Balaban J connectivity index is 1.52. The van der Waals surface area contributed by atoms with Gasteiger partial charge < -0.3 is 10.2 Å². The van der Waals surface area contributed by atoms with Gasteiger partial charge in [-0.15, -0.1) is 0 Å². The SMILES string of the molecule is O=C(Nc1ccc(Br)cc1)c1cccc(N2Cc3ccccc3C2)c1. The van der Waals surface area contributed by atoms with Crippen LogP contribution in [0.5, 0.6) is 0 Å². The van der Waals surface area contributed by atoms with Crippen molar-refractivity contribution in [2.45, 2.75) is 13.1 Å². The summed E-state index contributed by atoms with van der Waals surface area (Å²) >= 11 is 3.40. The zero-order valence-electron chi connectivity index (χ0n) is 13.6. The van der Waals surface area contributed by atoms with Crippen LogP contribution in [0.1, 0.15) is 21.5 Å². The molecule has 0 unspecified atom stereocenters. The number of nitrogens with zero attached hydrogens (tertiary/aromatic N) is 1. The topological polar surface area (TPSA) is 32.3 Å². The Kier molecular flexibility index (Phi) is 4.28. The van der Waals surface area contributed by atoms with Gasteiger partial charge in [-0.3, -0.25) is 4.79 Å². The lowest BCUT2D eigenvalue weighted by molar-refractivity contribution is 0.102. The van der Waals surface area contributed by atoms with E-state index in [9.17, 15) is 4.79 Å². The fourth-order valence-electron chi connectivity index (χ4n) is 3.10. The van der Waals surface area contributed by atoms with Gasteiger partial charge in [-0.25, -0.2) is 0 Å². The third-order valence-corrected chi connectivity index (χ3v) is 4.95. The summed E-state index contributed by atoms with van der Waals surface area (Å²) in [5.74, 6) is -0.0964. The smallest absolute Gasteiger partial charge is 0.255 e. The molecule has 0 radical (unpaired) electrons. The van der Waals surface area contributed by atoms with Gasteiger partial charge in [0.15, 0.2) is 0 Å². The van der Waals surface area contributed by atoms with Crippen molar-refractivity contribution in [1.82, 2.24) is 0 Å². The second kappa shape index (κ2) is 6.73. The lowest BCUT2D eigenvalue weighted by atomic mass is 10.1. The third kappa shape index (κ3) is 3.44. The number of carbonyl (C=O) groups excluding carboxylic acids is 1. The monoisotopic (exact) mass is 392 g/mol. The van der Waals surface area contributed by atoms with E-state index in [2.05, 4.69) is 56.5 Å². The van der Waals surface area contributed by atoms with Crippen molar-refractivity contribution in [3.05, 3.63) is 94.0 Å². The number of hydrogen-bond donors (Lipinski definition) is 1. The Hall–Kier alpha value is -2.59. The van der Waals surface area contributed by atoms with E-state index in [1.165, 1.54) is 11.1 Å². The number of hydrogen-bond acceptors (Lipinski definition) is 2. The van der Waals surface area contributed by atoms with E-state index in [1.807, 2.05) is 42.5 Å². The van der Waals surface area contributed by atoms with Crippen LogP contribution in [0.3, 0.4) is 0 Å². The molecule has 0 saturated heterocycles. The molecule has 0 spiro atoms. The fourth-order valence-corrected chi connectivity index (χ4v) is 3.36. The van der Waals surface area contributed by atoms with Crippen molar-refractivity contribution in [3.63, 3.8) is 0 Å². The maximum atomic E-state index is 12.5. The van der Waals surface area contributed by atoms with E-state index in [1.54, 1.807) is 0 Å². The number of carbonyl (C=O) groups is 1. The summed E-state index contributed by atoms with van der Waals surface area (Å²) in [5.41, 5.74) is 5.22. The molecule has 124 valence electrons. The first-order valence-electron chi connectivity index (χ1n) is 8.18. The van der Waals surface area contributed by atoms with Crippen molar-refractivity contribution >= 4 is 33.2 Å². The van der Waals surface area contributed by atoms with Gasteiger partial charge in [0, 0.05) is 34.5 Å². The van der Waals surface area contributed by atoms with E-state index < -0.39 is 0 Å². The first-order chi connectivity index (χ1) is 12.2. The number of fused-ring (bicyclic) bond motifs is 1. The van der Waals surface area contributed by atoms with E-state index in [4.69, 9.17) is 0 Å². The summed E-state index contributed by atoms with van der Waals surface area (Å²) in [4.78, 5) is 14.8. The molecule has 0 saturated carbocycles. The van der Waals surface area contributed by atoms with Crippen LogP contribution in [0.2, 0.25) is 0 Å². The molecule has 25 heavy (non-hydrogen) atoms. The highest BCUT2D eigenvalue weighted by atomic mass is 79.9. The van der Waals surface area contributed by atoms with Crippen LogP contribution in [-0.2, 0) is 13.1 Å². The molecule has 1 aliphatic heterocycles. The number of benzene rings is 3. The van der Waals surface area contributed by atoms with Crippen LogP contribution in [0.25, 0.3) is 0 Å². The highest BCUT2D eigenvalue weighted by molar-refractivity contribution is 9.10. The lowest BCUT2D eigenvalue weighted by Crippen LogP contribution is -2.16. The predicted octanol–water partition coefficient (Wildman–Crippen LogP) is 5.22. The quantitative estimate of drug-likeness (QED) is 0.662. The van der Waals surface area contributed by atoms with Crippen molar-refractivity contribution in [1.29, 1.82) is 0 Å². The highest BCUT2D eigenvalue weighted by Crippen LogP contribution is 2.28. The Labute approximate surface area is 155 Å². The van der Waals surface area contributed by atoms with Gasteiger partial charge >= 0.3 is 0 Å². The molecule has 3 aromatic carbocycles. The van der Waals surface area contributed by atoms with Gasteiger partial charge in [0.2, 0.25) is 0 Å². The number of nitrogens with one attached hydrogen (secondary N) is 1. The predicted molar refractivity (Wildman–Crippen MR) is 105 cm³/mol. The minimum absolute atomic E-state index is 0.0964. The molecule has 0 aromatic heterocycles. The van der Waals surface area contributed by atoms with Crippen molar-refractivity contribution in [2.75, 3.05) is 10.2 Å². The highest BCUT2D eigenvalue weighted by Gasteiger charge is 2.19. The Morgan fingerprint density at radius 1 is 0.880 bits per heavy atom. The molecule has 3 nitrogen and oxygen atoms in total. The molecule has 1 heterocycles. The molecule has 1 aliphatic rings. The molecule has 3 aromatic rings. The van der Waals surface area contributed by atoms with Crippen LogP contribution >= 0.6 is 15.9 Å². The minimum Gasteiger partial charge on any atom is -0.363 e. The molecule has 1 N–H and O–H groups in total. The third-order valence-electron chi connectivity index (χ3n) is 4.42. The molecule has 1 amide bonds. The molecule has 0 bridgehead atoms. The van der Waals surface area contributed by atoms with E-state index in [0.717, 1.165) is 28.9 Å². The maximum Gasteiger partial charge on any atom is 0.255 e. The maximum absolute atomic E-state index is 12.5. The largest absolute Gasteiger partial charge is 0.363 e. The second-order valence-corrected chi connectivity index (χ2v) is 7.05. The van der Waals surface area contributed by atoms with Gasteiger partial charge in [0.1, 0.15) is 0 Å². The zero-order chi connectivity index (χ0) is 17.2. The molecule has 0 fully saturated rings. The van der Waals surface area contributed by atoms with Gasteiger partial charge in [-0.05, 0) is 53.6 Å². The van der Waals surface area contributed by atoms with Crippen LogP contribution in [-0.4, -0.2) is 5.91 Å². The Bertz CT molecular complexity index is 896. The standard InChI is InChI=1S/C21H17BrN2O/c22-18-8-10-19(11-9-18)23-21(25)15-6-3-7-20(12-15)24-13-16-4-1-2-5-17(16)14-24/h1-12H,13-14H2,(H,23,25). The number of rotatable bonds is 3. The van der Waals surface area contributed by atoms with Gasteiger partial charge in [-0.1, -0.05) is 46.3 Å². The normalized spacial score (nSPS) is 12.8. The Morgan fingerprint density at radius 3 is 2.24 bits per heavy atom. The average molecular weight is 393 g/mol. The first kappa shape index (κ1) is 15.9. The molecule has 4 rings (SSSR count). The number of halogens is 1. The van der Waals surface area contributed by atoms with E-state index in [0.29, 0.717) is 5.56 Å². The second-order valence-electron chi connectivity index (χ2n) is 6.14. The first-order valence-corrected chi connectivity index (χ1v) is 8.97. The lowest BCUT2D eigenvalue weighted by Gasteiger charge is -2.18. The molecule has 0 atom stereocenters. The molecule has 0 aliphatic carbocycles. The summed E-state index contributed by atoms with van der Waals surface area (Å²) in [5, 5.41) is 2.94. The van der Waals surface area contributed by atoms with Gasteiger partial charge in [0.25, 0.3) is 5.91 Å². The number of anilines is 2. The minimum atomic E-state index is -0.0964. The van der Waals surface area contributed by atoms with Crippen molar-refractivity contribution in [3.8, 4) is 0 Å². The molecular formula is C21H17BrN2O. The Morgan fingerprint density at radius 2 is 1.56 bits per heavy atom. The van der Waals surface area contributed by atoms with Crippen LogP contribution in [0.4, 0.5) is 11.4 Å². The van der Waals surface area contributed by atoms with Crippen molar-refractivity contribution in [2.24, 2.45) is 0 Å². The van der Waals surface area contributed by atoms with Crippen molar-refractivity contribution < 1.29 is 4.79 Å². The van der Waals surface area contributed by atoms with Crippen LogP contribution in [0.15, 0.2) is 77.3 Å². The molecular weight excluding hydrogens is 376 g/mol. The fraction of sp³-hybridized carbons (Fsp3) is 0.0952. The summed E-state index contributed by atoms with van der Waals surface area (Å²) in [6.45, 7) is 1.77. The summed E-state index contributed by atoms with van der Waals surface area (Å²) in [6, 6.07) is 23.9. The van der Waals surface area contributed by atoms with Gasteiger partial charge in [-0.2, -0.15) is 0 Å². The summed E-state index contributed by atoms with van der Waals surface area (Å²) in [6.07, 6.45) is 0. The average Bonchev–Trinajstić information content (AvgIpc) is 3.08. The summed E-state index contributed by atoms with van der Waals surface area (Å²) in [7, 11) is 0. The van der Waals surface area contributed by atoms with E-state index >= 15 is 0 Å². The van der Waals surface area contributed by atoms with Crippen LogP contribution in [0, 0.1) is 0 Å². The zero-order valence-corrected chi connectivity index (χ0v) is 15.2. The van der Waals surface area contributed by atoms with Gasteiger partial charge in [0.05, 0.1) is 0 Å². The van der Waals surface area contributed by atoms with E-state index in [-0.39, 0.29) is 5.91 Å². The molecule has 4 heteroatoms. The number of amides is 1. The summed E-state index contributed by atoms with van der Waals surface area (Å²) < 4.78 is 0.987. The van der Waals surface area contributed by atoms with Crippen LogP contribution < -0.4 is 10.2 Å².